The molecule has 1 heterocycles. The number of esters is 3. The zero-order chi connectivity index (χ0) is 58.9. The molecule has 0 aliphatic carbocycles. The van der Waals surface area contributed by atoms with Gasteiger partial charge in [0.2, 0.25) is 0 Å². The number of allylic oxidation sites excluding steroid dienone is 22. The summed E-state index contributed by atoms with van der Waals surface area (Å²) in [7, 11) is 0. The van der Waals surface area contributed by atoms with Gasteiger partial charge in [0.1, 0.15) is 18.8 Å². The average molecular weight is 1130 g/mol. The zero-order valence-electron chi connectivity index (χ0n) is 50.2. The fraction of sp³-hybridized carbons (Fsp3) is 0.623. The predicted molar refractivity (Wildman–Crippen MR) is 330 cm³/mol. The van der Waals surface area contributed by atoms with Crippen molar-refractivity contribution in [3.05, 3.63) is 134 Å². The largest absolute Gasteiger partial charge is 0.479 e. The second-order valence-corrected chi connectivity index (χ2v) is 20.6. The van der Waals surface area contributed by atoms with Crippen molar-refractivity contribution in [3.8, 4) is 0 Å². The van der Waals surface area contributed by atoms with Gasteiger partial charge in [0, 0.05) is 19.3 Å². The molecule has 1 rings (SSSR count). The quantitative estimate of drug-likeness (QED) is 0.0228. The molecule has 12 heteroatoms. The molecule has 0 aromatic rings. The van der Waals surface area contributed by atoms with E-state index in [4.69, 9.17) is 23.7 Å². The van der Waals surface area contributed by atoms with E-state index in [2.05, 4.69) is 154 Å². The van der Waals surface area contributed by atoms with Crippen LogP contribution in [0.15, 0.2) is 134 Å². The second kappa shape index (κ2) is 55.4. The molecule has 456 valence electrons. The van der Waals surface area contributed by atoms with Gasteiger partial charge in [-0.3, -0.25) is 14.4 Å². The van der Waals surface area contributed by atoms with Crippen molar-refractivity contribution in [2.24, 2.45) is 0 Å². The number of carboxylic acid groups (broad SMARTS) is 1. The van der Waals surface area contributed by atoms with Crippen LogP contribution in [-0.2, 0) is 42.9 Å². The van der Waals surface area contributed by atoms with E-state index in [0.717, 1.165) is 148 Å². The van der Waals surface area contributed by atoms with Gasteiger partial charge in [0.15, 0.2) is 24.6 Å². The van der Waals surface area contributed by atoms with Gasteiger partial charge in [-0.2, -0.15) is 0 Å². The molecule has 0 aromatic carbocycles. The Kier molecular flexibility index (Phi) is 50.5. The first kappa shape index (κ1) is 73.9. The SMILES string of the molecule is CC/C=C\C/C=C\C/C=C\C/C=C\C/C=C\CCCCCC(=O)OC1C(OCC(COC(=O)CCCCCC/C=C\C/C=C\C/C=C\C/C=C\CC)OC(=O)CCCCCCC/C=C\C/C=C\CCCCC)OC(C(=O)O)C(O)C1O. The maximum atomic E-state index is 13.2. The molecule has 0 spiro atoms. The van der Waals surface area contributed by atoms with Crippen molar-refractivity contribution in [3.63, 3.8) is 0 Å². The van der Waals surface area contributed by atoms with E-state index in [-0.39, 0.29) is 25.9 Å². The summed E-state index contributed by atoms with van der Waals surface area (Å²) in [6.45, 7) is 5.69. The van der Waals surface area contributed by atoms with Crippen LogP contribution >= 0.6 is 0 Å². The Morgan fingerprint density at radius 1 is 0.420 bits per heavy atom. The first-order chi connectivity index (χ1) is 39.6. The smallest absolute Gasteiger partial charge is 0.335 e. The van der Waals surface area contributed by atoms with Gasteiger partial charge < -0.3 is 39.0 Å². The minimum absolute atomic E-state index is 0.00963. The summed E-state index contributed by atoms with van der Waals surface area (Å²) in [4.78, 5) is 51.3. The van der Waals surface area contributed by atoms with E-state index in [1.807, 2.05) is 0 Å². The van der Waals surface area contributed by atoms with Crippen LogP contribution in [0, 0.1) is 0 Å². The molecular weight excluding hydrogens is 1020 g/mol. The molecule has 3 N–H and O–H groups in total. The lowest BCUT2D eigenvalue weighted by Gasteiger charge is -2.40. The van der Waals surface area contributed by atoms with Crippen LogP contribution in [0.5, 0.6) is 0 Å². The van der Waals surface area contributed by atoms with Crippen molar-refractivity contribution < 1.29 is 58.2 Å². The molecular formula is C69H108O12. The van der Waals surface area contributed by atoms with Gasteiger partial charge in [-0.05, 0) is 135 Å². The minimum Gasteiger partial charge on any atom is -0.479 e. The predicted octanol–water partition coefficient (Wildman–Crippen LogP) is 16.6. The standard InChI is InChI=1S/C69H108O12/c1-4-7-10-13-16-19-22-25-28-30-31-33-36-39-42-45-48-51-54-57-63(72)80-67-65(74)64(73)66(68(75)76)81-69(67)78-59-60(79-62(71)56-53-50-47-44-41-38-34-27-24-21-18-15-12-9-6-3)58-77-61(70)55-52-49-46-43-40-37-35-32-29-26-23-20-17-14-11-8-5-2/h7-8,10-11,16-21,25-29,31,33-35,37,39,42,60,64-67,69,73-74H,4-6,9,12-15,22-24,30,32,36,38,40-41,43-59H2,1-3H3,(H,75,76)/b10-7-,11-8-,19-16-,20-17-,21-18-,28-25-,29-26-,33-31-,34-27-,37-35-,42-39-. The lowest BCUT2D eigenvalue weighted by Crippen LogP contribution is -2.61. The normalized spacial score (nSPS) is 18.7. The molecule has 1 aliphatic heterocycles. The highest BCUT2D eigenvalue weighted by molar-refractivity contribution is 5.74. The summed E-state index contributed by atoms with van der Waals surface area (Å²) >= 11 is 0. The number of hydrogen-bond acceptors (Lipinski definition) is 11. The number of ether oxygens (including phenoxy) is 5. The first-order valence-corrected chi connectivity index (χ1v) is 31.2. The molecule has 12 nitrogen and oxygen atoms in total. The summed E-state index contributed by atoms with van der Waals surface area (Å²) < 4.78 is 28.4. The van der Waals surface area contributed by atoms with Crippen LogP contribution in [-0.4, -0.2) is 89.2 Å². The number of carbonyl (C=O) groups excluding carboxylic acids is 3. The van der Waals surface area contributed by atoms with Crippen molar-refractivity contribution in [1.82, 2.24) is 0 Å². The monoisotopic (exact) mass is 1130 g/mol. The Morgan fingerprint density at radius 3 is 1.20 bits per heavy atom. The summed E-state index contributed by atoms with van der Waals surface area (Å²) in [5.41, 5.74) is 0. The van der Waals surface area contributed by atoms with Crippen molar-refractivity contribution >= 4 is 23.9 Å². The van der Waals surface area contributed by atoms with Crippen molar-refractivity contribution in [2.75, 3.05) is 13.2 Å². The van der Waals surface area contributed by atoms with E-state index >= 15 is 0 Å². The molecule has 0 aromatic heterocycles. The number of rotatable bonds is 51. The van der Waals surface area contributed by atoms with Gasteiger partial charge >= 0.3 is 23.9 Å². The molecule has 0 radical (unpaired) electrons. The number of unbranched alkanes of at least 4 members (excludes halogenated alkanes) is 15. The van der Waals surface area contributed by atoms with Gasteiger partial charge in [0.25, 0.3) is 0 Å². The summed E-state index contributed by atoms with van der Waals surface area (Å²) in [5, 5.41) is 31.6. The third-order valence-corrected chi connectivity index (χ3v) is 13.2. The Labute approximate surface area is 490 Å². The van der Waals surface area contributed by atoms with Crippen LogP contribution in [0.1, 0.15) is 226 Å². The lowest BCUT2D eigenvalue weighted by molar-refractivity contribution is -0.301. The van der Waals surface area contributed by atoms with Crippen LogP contribution in [0.25, 0.3) is 0 Å². The van der Waals surface area contributed by atoms with Crippen LogP contribution < -0.4 is 0 Å². The topological polar surface area (TPSA) is 175 Å². The molecule has 0 saturated carbocycles. The van der Waals surface area contributed by atoms with E-state index in [0.29, 0.717) is 19.3 Å². The molecule has 1 fully saturated rings. The number of carbonyl (C=O) groups is 4. The Balaban J connectivity index is 2.73. The number of carboxylic acids is 1. The fourth-order valence-electron chi connectivity index (χ4n) is 8.47. The third kappa shape index (κ3) is 45.1. The van der Waals surface area contributed by atoms with Crippen LogP contribution in [0.2, 0.25) is 0 Å². The highest BCUT2D eigenvalue weighted by atomic mass is 16.7. The molecule has 1 saturated heterocycles. The number of aliphatic carboxylic acids is 1. The highest BCUT2D eigenvalue weighted by Crippen LogP contribution is 2.26. The molecule has 0 bridgehead atoms. The van der Waals surface area contributed by atoms with Gasteiger partial charge in [0.05, 0.1) is 6.61 Å². The van der Waals surface area contributed by atoms with Crippen molar-refractivity contribution in [2.45, 2.75) is 263 Å². The summed E-state index contributed by atoms with van der Waals surface area (Å²) in [6, 6.07) is 0. The second-order valence-electron chi connectivity index (χ2n) is 20.6. The van der Waals surface area contributed by atoms with Gasteiger partial charge in [-0.1, -0.05) is 206 Å². The number of aliphatic hydroxyl groups is 2. The average Bonchev–Trinajstić information content (AvgIpc) is 3.54. The fourth-order valence-corrected chi connectivity index (χ4v) is 8.47. The number of hydrogen-bond donors (Lipinski definition) is 3. The van der Waals surface area contributed by atoms with E-state index in [9.17, 15) is 34.5 Å². The highest BCUT2D eigenvalue weighted by Gasteiger charge is 2.50. The van der Waals surface area contributed by atoms with Gasteiger partial charge in [-0.25, -0.2) is 4.79 Å². The Hall–Kier alpha value is -5.14. The molecule has 0 amide bonds. The molecule has 81 heavy (non-hydrogen) atoms. The van der Waals surface area contributed by atoms with E-state index in [1.54, 1.807) is 0 Å². The zero-order valence-corrected chi connectivity index (χ0v) is 50.2. The molecule has 6 atom stereocenters. The minimum atomic E-state index is -1.93. The van der Waals surface area contributed by atoms with Crippen molar-refractivity contribution in [1.29, 1.82) is 0 Å². The van der Waals surface area contributed by atoms with E-state index in [1.165, 1.54) is 19.3 Å². The molecule has 6 unspecified atom stereocenters. The lowest BCUT2D eigenvalue weighted by atomic mass is 9.98. The maximum absolute atomic E-state index is 13.2. The van der Waals surface area contributed by atoms with E-state index < -0.39 is 67.3 Å². The summed E-state index contributed by atoms with van der Waals surface area (Å²) in [6.07, 6.45) is 65.5. The molecule has 1 aliphatic rings. The number of aliphatic hydroxyl groups excluding tert-OH is 2. The summed E-state index contributed by atoms with van der Waals surface area (Å²) in [5.74, 6) is -3.23. The van der Waals surface area contributed by atoms with Crippen LogP contribution in [0.3, 0.4) is 0 Å². The Morgan fingerprint density at radius 2 is 0.778 bits per heavy atom. The maximum Gasteiger partial charge on any atom is 0.335 e. The third-order valence-electron chi connectivity index (χ3n) is 13.2. The van der Waals surface area contributed by atoms with Crippen LogP contribution in [0.4, 0.5) is 0 Å². The first-order valence-electron chi connectivity index (χ1n) is 31.2. The van der Waals surface area contributed by atoms with Gasteiger partial charge in [-0.15, -0.1) is 0 Å². The Bertz CT molecular complexity index is 1920.